The molecule has 0 aromatic carbocycles. The van der Waals surface area contributed by atoms with Crippen molar-refractivity contribution in [1.29, 1.82) is 0 Å². The van der Waals surface area contributed by atoms with Gasteiger partial charge >= 0.3 is 0 Å². The number of aromatic nitrogens is 6. The summed E-state index contributed by atoms with van der Waals surface area (Å²) in [6.07, 6.45) is 6.56. The van der Waals surface area contributed by atoms with Crippen LogP contribution in [0.15, 0.2) is 10.7 Å². The molecule has 0 radical (unpaired) electrons. The van der Waals surface area contributed by atoms with Crippen LogP contribution >= 0.6 is 0 Å². The predicted molar refractivity (Wildman–Crippen MR) is 89.9 cm³/mol. The minimum Gasteiger partial charge on any atom is -0.375 e. The molecule has 4 rings (SSSR count). The number of nitrogens with zero attached hydrogens (tertiary/aromatic N) is 6. The Hall–Kier alpha value is -2.55. The van der Waals surface area contributed by atoms with Crippen LogP contribution < -0.4 is 5.32 Å². The number of anilines is 1. The van der Waals surface area contributed by atoms with Crippen LogP contribution in [0.4, 0.5) is 5.82 Å². The zero-order valence-corrected chi connectivity index (χ0v) is 14.4. The molecule has 1 N–H and O–H groups in total. The third-order valence-electron chi connectivity index (χ3n) is 4.52. The Morgan fingerprint density at radius 3 is 2.92 bits per heavy atom. The lowest BCUT2D eigenvalue weighted by molar-refractivity contribution is 0.151. The van der Waals surface area contributed by atoms with Crippen molar-refractivity contribution in [2.24, 2.45) is 7.05 Å². The van der Waals surface area contributed by atoms with Crippen molar-refractivity contribution in [2.45, 2.75) is 44.8 Å². The Morgan fingerprint density at radius 1 is 1.28 bits per heavy atom. The smallest absolute Gasteiger partial charge is 0.252 e. The summed E-state index contributed by atoms with van der Waals surface area (Å²) in [7, 11) is 3.49. The van der Waals surface area contributed by atoms with Crippen LogP contribution in [-0.2, 0) is 24.9 Å². The van der Waals surface area contributed by atoms with Gasteiger partial charge in [-0.1, -0.05) is 18.0 Å². The van der Waals surface area contributed by atoms with Crippen LogP contribution in [0.25, 0.3) is 11.0 Å². The van der Waals surface area contributed by atoms with E-state index in [4.69, 9.17) is 19.2 Å². The van der Waals surface area contributed by atoms with E-state index in [2.05, 4.69) is 20.6 Å². The van der Waals surface area contributed by atoms with E-state index in [1.54, 1.807) is 18.0 Å². The van der Waals surface area contributed by atoms with Gasteiger partial charge in [0, 0.05) is 20.1 Å². The summed E-state index contributed by atoms with van der Waals surface area (Å²) in [5.74, 6) is 3.10. The summed E-state index contributed by atoms with van der Waals surface area (Å²) in [5.41, 5.74) is 0.840. The summed E-state index contributed by atoms with van der Waals surface area (Å²) in [6.45, 7) is 0.720. The third-order valence-corrected chi connectivity index (χ3v) is 4.52. The van der Waals surface area contributed by atoms with E-state index >= 15 is 0 Å². The first-order valence-corrected chi connectivity index (χ1v) is 8.48. The van der Waals surface area contributed by atoms with E-state index in [1.807, 2.05) is 7.05 Å². The summed E-state index contributed by atoms with van der Waals surface area (Å²) >= 11 is 0. The Morgan fingerprint density at radius 2 is 2.12 bits per heavy atom. The maximum atomic E-state index is 5.11. The summed E-state index contributed by atoms with van der Waals surface area (Å²) in [6, 6.07) is 0. The third kappa shape index (κ3) is 3.19. The molecule has 0 unspecified atom stereocenters. The van der Waals surface area contributed by atoms with Crippen LogP contribution in [0.5, 0.6) is 0 Å². The Labute approximate surface area is 144 Å². The second-order valence-corrected chi connectivity index (χ2v) is 6.31. The topological polar surface area (TPSA) is 104 Å². The van der Waals surface area contributed by atoms with Crippen molar-refractivity contribution in [3.63, 3.8) is 0 Å². The van der Waals surface area contributed by atoms with Gasteiger partial charge in [-0.15, -0.1) is 0 Å². The molecule has 3 aromatic rings. The molecule has 0 spiro atoms. The minimum absolute atomic E-state index is 0.305. The minimum atomic E-state index is 0.305. The standard InChI is InChI=1S/C16H21N7O2/c1-23-16-11(7-18-23)15(20-14(21-16)10-5-3-4-6-10)17-8-12-19-13(9-24-2)25-22-12/h7,10H,3-6,8-9H2,1-2H3,(H,17,20,21). The summed E-state index contributed by atoms with van der Waals surface area (Å²) in [4.78, 5) is 13.8. The first-order valence-electron chi connectivity index (χ1n) is 8.48. The lowest BCUT2D eigenvalue weighted by atomic mass is 10.1. The van der Waals surface area contributed by atoms with E-state index in [-0.39, 0.29) is 0 Å². The highest BCUT2D eigenvalue weighted by atomic mass is 16.5. The lowest BCUT2D eigenvalue weighted by Gasteiger charge is -2.11. The molecule has 0 atom stereocenters. The average Bonchev–Trinajstić information content (AvgIpc) is 3.35. The molecule has 9 nitrogen and oxygen atoms in total. The first kappa shape index (κ1) is 15.9. The highest BCUT2D eigenvalue weighted by Gasteiger charge is 2.22. The van der Waals surface area contributed by atoms with Gasteiger partial charge in [0.1, 0.15) is 18.2 Å². The van der Waals surface area contributed by atoms with Crippen LogP contribution in [0.1, 0.15) is 49.1 Å². The number of rotatable bonds is 6. The Bertz CT molecular complexity index is 867. The largest absolute Gasteiger partial charge is 0.375 e. The van der Waals surface area contributed by atoms with E-state index < -0.39 is 0 Å². The van der Waals surface area contributed by atoms with Gasteiger partial charge in [0.05, 0.1) is 18.1 Å². The molecule has 0 amide bonds. The second-order valence-electron chi connectivity index (χ2n) is 6.31. The molecule has 25 heavy (non-hydrogen) atoms. The van der Waals surface area contributed by atoms with Gasteiger partial charge in [0.25, 0.3) is 5.89 Å². The molecule has 1 aliphatic rings. The maximum absolute atomic E-state index is 5.11. The van der Waals surface area contributed by atoms with Crippen molar-refractivity contribution in [3.05, 3.63) is 23.7 Å². The molecular formula is C16H21N7O2. The van der Waals surface area contributed by atoms with Gasteiger partial charge in [-0.3, -0.25) is 4.68 Å². The van der Waals surface area contributed by atoms with Gasteiger partial charge in [0.15, 0.2) is 11.5 Å². The Balaban J connectivity index is 1.60. The quantitative estimate of drug-likeness (QED) is 0.726. The van der Waals surface area contributed by atoms with E-state index in [0.29, 0.717) is 30.8 Å². The van der Waals surface area contributed by atoms with Crippen LogP contribution in [-0.4, -0.2) is 37.0 Å². The van der Waals surface area contributed by atoms with E-state index in [1.165, 1.54) is 12.8 Å². The normalized spacial score (nSPS) is 15.3. The highest BCUT2D eigenvalue weighted by Crippen LogP contribution is 2.34. The molecule has 9 heteroatoms. The number of ether oxygens (including phenoxy) is 1. The highest BCUT2D eigenvalue weighted by molar-refractivity contribution is 5.86. The molecule has 1 aliphatic carbocycles. The second kappa shape index (κ2) is 6.75. The van der Waals surface area contributed by atoms with E-state index in [9.17, 15) is 0 Å². The molecule has 132 valence electrons. The number of aryl methyl sites for hydroxylation is 1. The Kier molecular flexibility index (Phi) is 4.31. The van der Waals surface area contributed by atoms with Crippen LogP contribution in [0, 0.1) is 0 Å². The molecule has 0 bridgehead atoms. The van der Waals surface area contributed by atoms with E-state index in [0.717, 1.165) is 35.5 Å². The van der Waals surface area contributed by atoms with Crippen LogP contribution in [0.2, 0.25) is 0 Å². The fourth-order valence-corrected chi connectivity index (χ4v) is 3.25. The zero-order valence-electron chi connectivity index (χ0n) is 14.4. The fourth-order valence-electron chi connectivity index (χ4n) is 3.25. The first-order chi connectivity index (χ1) is 12.2. The van der Waals surface area contributed by atoms with Crippen molar-refractivity contribution < 1.29 is 9.26 Å². The number of methoxy groups -OCH3 is 1. The van der Waals surface area contributed by atoms with Gasteiger partial charge in [0.2, 0.25) is 0 Å². The van der Waals surface area contributed by atoms with Crippen molar-refractivity contribution in [2.75, 3.05) is 12.4 Å². The number of hydrogen-bond donors (Lipinski definition) is 1. The van der Waals surface area contributed by atoms with Gasteiger partial charge < -0.3 is 14.6 Å². The summed E-state index contributed by atoms with van der Waals surface area (Å²) < 4.78 is 11.9. The average molecular weight is 343 g/mol. The lowest BCUT2D eigenvalue weighted by Crippen LogP contribution is -2.09. The molecule has 3 heterocycles. The number of nitrogens with one attached hydrogen (secondary N) is 1. The van der Waals surface area contributed by atoms with Crippen molar-refractivity contribution >= 4 is 16.9 Å². The number of hydrogen-bond acceptors (Lipinski definition) is 8. The molecule has 1 fully saturated rings. The molecular weight excluding hydrogens is 322 g/mol. The molecule has 0 saturated heterocycles. The van der Waals surface area contributed by atoms with Gasteiger partial charge in [-0.25, -0.2) is 9.97 Å². The van der Waals surface area contributed by atoms with Gasteiger partial charge in [-0.2, -0.15) is 10.1 Å². The van der Waals surface area contributed by atoms with Crippen LogP contribution in [0.3, 0.4) is 0 Å². The SMILES string of the molecule is COCc1nc(CNc2nc(C3CCCC3)nc3c2cnn3C)no1. The molecule has 0 aliphatic heterocycles. The molecule has 1 saturated carbocycles. The van der Waals surface area contributed by atoms with Crippen molar-refractivity contribution in [3.8, 4) is 0 Å². The molecule has 3 aromatic heterocycles. The zero-order chi connectivity index (χ0) is 17.2. The summed E-state index contributed by atoms with van der Waals surface area (Å²) in [5, 5.41) is 12.5. The number of fused-ring (bicyclic) bond motifs is 1. The fraction of sp³-hybridized carbons (Fsp3) is 0.562. The monoisotopic (exact) mass is 343 g/mol. The predicted octanol–water partition coefficient (Wildman–Crippen LogP) is 2.16. The van der Waals surface area contributed by atoms with Crippen molar-refractivity contribution in [1.82, 2.24) is 29.9 Å². The van der Waals surface area contributed by atoms with Gasteiger partial charge in [-0.05, 0) is 12.8 Å². The maximum Gasteiger partial charge on any atom is 0.252 e.